The van der Waals surface area contributed by atoms with Gasteiger partial charge in [-0.1, -0.05) is 23.8 Å². The Morgan fingerprint density at radius 2 is 2.20 bits per heavy atom. The van der Waals surface area contributed by atoms with Gasteiger partial charge in [0.05, 0.1) is 6.10 Å². The summed E-state index contributed by atoms with van der Waals surface area (Å²) in [6.07, 6.45) is 2.74. The molecule has 2 rings (SSSR count). The largest absolute Gasteiger partial charge is 0.377 e. The van der Waals surface area contributed by atoms with Crippen LogP contribution in [0.2, 0.25) is 0 Å². The molecule has 1 saturated heterocycles. The topological polar surface area (TPSA) is 38.5 Å². The van der Waals surface area contributed by atoms with Gasteiger partial charge in [-0.05, 0) is 51.3 Å². The van der Waals surface area contributed by atoms with Crippen LogP contribution in [0, 0.1) is 13.8 Å². The van der Waals surface area contributed by atoms with Crippen LogP contribution in [0.5, 0.6) is 0 Å². The van der Waals surface area contributed by atoms with E-state index in [1.807, 2.05) is 0 Å². The van der Waals surface area contributed by atoms with Crippen molar-refractivity contribution in [3.05, 3.63) is 34.9 Å². The average Bonchev–Trinajstić information content (AvgIpc) is 2.44. The molecule has 0 spiro atoms. The van der Waals surface area contributed by atoms with Crippen LogP contribution < -0.4 is 5.73 Å². The van der Waals surface area contributed by atoms with Gasteiger partial charge in [-0.3, -0.25) is 4.90 Å². The molecule has 2 atom stereocenters. The lowest BCUT2D eigenvalue weighted by molar-refractivity contribution is -0.00667. The number of likely N-dealkylation sites (tertiary alicyclic amines) is 1. The van der Waals surface area contributed by atoms with E-state index < -0.39 is 0 Å². The molecule has 3 nitrogen and oxygen atoms in total. The van der Waals surface area contributed by atoms with Crippen LogP contribution in [0.15, 0.2) is 18.2 Å². The van der Waals surface area contributed by atoms with Crippen LogP contribution in [-0.2, 0) is 4.74 Å². The van der Waals surface area contributed by atoms with Gasteiger partial charge in [-0.25, -0.2) is 0 Å². The highest BCUT2D eigenvalue weighted by Crippen LogP contribution is 2.27. The normalized spacial score (nSPS) is 21.9. The van der Waals surface area contributed by atoms with Crippen molar-refractivity contribution in [2.45, 2.75) is 45.8 Å². The third-order valence-electron chi connectivity index (χ3n) is 4.27. The van der Waals surface area contributed by atoms with Gasteiger partial charge in [0.25, 0.3) is 0 Å². The van der Waals surface area contributed by atoms with Crippen molar-refractivity contribution in [1.29, 1.82) is 0 Å². The van der Waals surface area contributed by atoms with E-state index in [0.29, 0.717) is 18.7 Å². The third-order valence-corrected chi connectivity index (χ3v) is 4.27. The van der Waals surface area contributed by atoms with Gasteiger partial charge in [-0.2, -0.15) is 0 Å². The van der Waals surface area contributed by atoms with Crippen LogP contribution in [0.1, 0.15) is 42.5 Å². The number of rotatable bonds is 5. The van der Waals surface area contributed by atoms with Crippen molar-refractivity contribution < 1.29 is 4.74 Å². The van der Waals surface area contributed by atoms with Crippen molar-refractivity contribution in [3.63, 3.8) is 0 Å². The summed E-state index contributed by atoms with van der Waals surface area (Å²) in [6.45, 7) is 10.0. The van der Waals surface area contributed by atoms with Crippen LogP contribution in [0.3, 0.4) is 0 Å². The molecule has 1 aromatic rings. The van der Waals surface area contributed by atoms with Crippen LogP contribution in [-0.4, -0.2) is 37.2 Å². The molecular formula is C17H28N2O. The zero-order valence-corrected chi connectivity index (χ0v) is 13.1. The standard InChI is InChI=1S/C17H28N2O/c1-4-20-15-6-5-9-19(12-15)17(11-18)16-10-13(2)7-8-14(16)3/h7-8,10,15,17H,4-6,9,11-12,18H2,1-3H3. The fourth-order valence-electron chi connectivity index (χ4n) is 3.21. The molecule has 1 heterocycles. The first-order valence-electron chi connectivity index (χ1n) is 7.78. The summed E-state index contributed by atoms with van der Waals surface area (Å²) in [5, 5.41) is 0. The SMILES string of the molecule is CCOC1CCCN(C(CN)c2cc(C)ccc2C)C1. The maximum Gasteiger partial charge on any atom is 0.0702 e. The quantitative estimate of drug-likeness (QED) is 0.898. The van der Waals surface area contributed by atoms with E-state index in [-0.39, 0.29) is 0 Å². The highest BCUT2D eigenvalue weighted by molar-refractivity contribution is 5.33. The highest BCUT2D eigenvalue weighted by atomic mass is 16.5. The van der Waals surface area contributed by atoms with Crippen molar-refractivity contribution in [2.75, 3.05) is 26.2 Å². The summed E-state index contributed by atoms with van der Waals surface area (Å²) in [5.41, 5.74) is 10.1. The molecule has 0 bridgehead atoms. The first-order chi connectivity index (χ1) is 9.65. The molecule has 3 heteroatoms. The van der Waals surface area contributed by atoms with Crippen LogP contribution in [0.25, 0.3) is 0 Å². The zero-order valence-electron chi connectivity index (χ0n) is 13.1. The Kier molecular flexibility index (Phi) is 5.58. The fraction of sp³-hybridized carbons (Fsp3) is 0.647. The number of hydrogen-bond donors (Lipinski definition) is 1. The number of aryl methyl sites for hydroxylation is 2. The van der Waals surface area contributed by atoms with Crippen molar-refractivity contribution in [2.24, 2.45) is 5.73 Å². The number of hydrogen-bond acceptors (Lipinski definition) is 3. The molecule has 1 aliphatic heterocycles. The van der Waals surface area contributed by atoms with E-state index in [2.05, 4.69) is 43.9 Å². The number of benzene rings is 1. The van der Waals surface area contributed by atoms with Gasteiger partial charge in [0.2, 0.25) is 0 Å². The molecule has 1 aliphatic rings. The van der Waals surface area contributed by atoms with E-state index in [9.17, 15) is 0 Å². The molecule has 112 valence electrons. The first-order valence-corrected chi connectivity index (χ1v) is 7.78. The molecule has 0 saturated carbocycles. The molecule has 20 heavy (non-hydrogen) atoms. The molecule has 0 aliphatic carbocycles. The molecule has 0 amide bonds. The minimum atomic E-state index is 0.318. The summed E-state index contributed by atoms with van der Waals surface area (Å²) in [5.74, 6) is 0. The van der Waals surface area contributed by atoms with Gasteiger partial charge < -0.3 is 10.5 Å². The van der Waals surface area contributed by atoms with E-state index in [1.54, 1.807) is 0 Å². The van der Waals surface area contributed by atoms with Gasteiger partial charge >= 0.3 is 0 Å². The Hall–Kier alpha value is -0.900. The Morgan fingerprint density at radius 1 is 1.40 bits per heavy atom. The third kappa shape index (κ3) is 3.60. The summed E-state index contributed by atoms with van der Waals surface area (Å²) >= 11 is 0. The van der Waals surface area contributed by atoms with Gasteiger partial charge in [0.1, 0.15) is 0 Å². The fourth-order valence-corrected chi connectivity index (χ4v) is 3.21. The summed E-state index contributed by atoms with van der Waals surface area (Å²) < 4.78 is 5.82. The molecule has 1 fully saturated rings. The lowest BCUT2D eigenvalue weighted by atomic mass is 9.95. The van der Waals surface area contributed by atoms with Crippen LogP contribution >= 0.6 is 0 Å². The van der Waals surface area contributed by atoms with E-state index >= 15 is 0 Å². The predicted octanol–water partition coefficient (Wildman–Crippen LogP) is 2.80. The monoisotopic (exact) mass is 276 g/mol. The van der Waals surface area contributed by atoms with E-state index in [4.69, 9.17) is 10.5 Å². The smallest absolute Gasteiger partial charge is 0.0702 e. The lowest BCUT2D eigenvalue weighted by Crippen LogP contribution is -2.44. The second-order valence-electron chi connectivity index (χ2n) is 5.83. The second-order valence-corrected chi connectivity index (χ2v) is 5.83. The number of nitrogens with two attached hydrogens (primary N) is 1. The minimum Gasteiger partial charge on any atom is -0.377 e. The number of nitrogens with zero attached hydrogens (tertiary/aromatic N) is 1. The molecule has 0 radical (unpaired) electrons. The molecular weight excluding hydrogens is 248 g/mol. The van der Waals surface area contributed by atoms with Gasteiger partial charge in [0, 0.05) is 25.7 Å². The second kappa shape index (κ2) is 7.21. The highest BCUT2D eigenvalue weighted by Gasteiger charge is 2.27. The minimum absolute atomic E-state index is 0.318. The average molecular weight is 276 g/mol. The zero-order chi connectivity index (χ0) is 14.5. The number of ether oxygens (including phenoxy) is 1. The van der Waals surface area contributed by atoms with E-state index in [0.717, 1.165) is 19.7 Å². The summed E-state index contributed by atoms with van der Waals surface area (Å²) in [7, 11) is 0. The van der Waals surface area contributed by atoms with Gasteiger partial charge in [0.15, 0.2) is 0 Å². The molecule has 0 aromatic heterocycles. The summed E-state index contributed by atoms with van der Waals surface area (Å²) in [6, 6.07) is 6.98. The molecule has 2 unspecified atom stereocenters. The van der Waals surface area contributed by atoms with Crippen molar-refractivity contribution in [3.8, 4) is 0 Å². The lowest BCUT2D eigenvalue weighted by Gasteiger charge is -2.38. The number of piperidine rings is 1. The van der Waals surface area contributed by atoms with Crippen molar-refractivity contribution in [1.82, 2.24) is 4.90 Å². The Balaban J connectivity index is 2.16. The van der Waals surface area contributed by atoms with Gasteiger partial charge in [-0.15, -0.1) is 0 Å². The maximum absolute atomic E-state index is 6.09. The van der Waals surface area contributed by atoms with E-state index in [1.165, 1.54) is 29.5 Å². The molecule has 1 aromatic carbocycles. The van der Waals surface area contributed by atoms with Crippen molar-refractivity contribution >= 4 is 0 Å². The maximum atomic E-state index is 6.09. The Labute approximate surface area is 123 Å². The summed E-state index contributed by atoms with van der Waals surface area (Å²) in [4.78, 5) is 2.51. The molecule has 2 N–H and O–H groups in total. The Bertz CT molecular complexity index is 431. The predicted molar refractivity (Wildman–Crippen MR) is 83.9 cm³/mol. The Morgan fingerprint density at radius 3 is 2.90 bits per heavy atom. The van der Waals surface area contributed by atoms with Crippen LogP contribution in [0.4, 0.5) is 0 Å². The first kappa shape index (κ1) is 15.5.